The molecule has 96 valence electrons. The Balaban J connectivity index is 1.84. The van der Waals surface area contributed by atoms with Crippen LogP contribution in [0.15, 0.2) is 29.6 Å². The SMILES string of the molecule is Cc1nc(CC(=O)NCc2ccc(C#N)cc2)cs1. The molecule has 1 aromatic carbocycles. The molecule has 0 aliphatic carbocycles. The molecule has 2 rings (SSSR count). The average Bonchev–Trinajstić information content (AvgIpc) is 2.82. The predicted molar refractivity (Wildman–Crippen MR) is 73.6 cm³/mol. The number of aryl methyl sites for hydroxylation is 1. The van der Waals surface area contributed by atoms with Crippen LogP contribution >= 0.6 is 11.3 Å². The molecule has 0 unspecified atom stereocenters. The van der Waals surface area contributed by atoms with Gasteiger partial charge in [-0.15, -0.1) is 11.3 Å². The van der Waals surface area contributed by atoms with Crippen LogP contribution in [0.2, 0.25) is 0 Å². The van der Waals surface area contributed by atoms with Gasteiger partial charge in [-0.25, -0.2) is 4.98 Å². The van der Waals surface area contributed by atoms with Crippen LogP contribution in [0.3, 0.4) is 0 Å². The van der Waals surface area contributed by atoms with E-state index in [2.05, 4.69) is 16.4 Å². The summed E-state index contributed by atoms with van der Waals surface area (Å²) in [4.78, 5) is 16.0. The van der Waals surface area contributed by atoms with Gasteiger partial charge in [0.05, 0.1) is 28.8 Å². The average molecular weight is 271 g/mol. The number of rotatable bonds is 4. The van der Waals surface area contributed by atoms with Gasteiger partial charge in [-0.2, -0.15) is 5.26 Å². The van der Waals surface area contributed by atoms with Gasteiger partial charge < -0.3 is 5.32 Å². The van der Waals surface area contributed by atoms with Crippen molar-refractivity contribution in [2.45, 2.75) is 19.9 Å². The summed E-state index contributed by atoms with van der Waals surface area (Å²) in [6, 6.07) is 9.22. The molecular weight excluding hydrogens is 258 g/mol. The number of benzene rings is 1. The van der Waals surface area contributed by atoms with Gasteiger partial charge in [0.25, 0.3) is 0 Å². The lowest BCUT2D eigenvalue weighted by atomic mass is 10.1. The van der Waals surface area contributed by atoms with Gasteiger partial charge in [-0.05, 0) is 24.6 Å². The number of hydrogen-bond donors (Lipinski definition) is 1. The number of nitrogens with one attached hydrogen (secondary N) is 1. The van der Waals surface area contributed by atoms with Crippen LogP contribution < -0.4 is 5.32 Å². The number of aromatic nitrogens is 1. The van der Waals surface area contributed by atoms with Crippen molar-refractivity contribution in [3.8, 4) is 6.07 Å². The van der Waals surface area contributed by atoms with Crippen LogP contribution in [0.5, 0.6) is 0 Å². The lowest BCUT2D eigenvalue weighted by Crippen LogP contribution is -2.24. The molecule has 1 N–H and O–H groups in total. The first-order chi connectivity index (χ1) is 9.17. The highest BCUT2D eigenvalue weighted by molar-refractivity contribution is 7.09. The Bertz CT molecular complexity index is 610. The van der Waals surface area contributed by atoms with Gasteiger partial charge >= 0.3 is 0 Å². The number of hydrogen-bond acceptors (Lipinski definition) is 4. The molecule has 0 saturated carbocycles. The van der Waals surface area contributed by atoms with Gasteiger partial charge in [0, 0.05) is 11.9 Å². The molecule has 1 amide bonds. The maximum atomic E-state index is 11.7. The van der Waals surface area contributed by atoms with Gasteiger partial charge in [-0.1, -0.05) is 12.1 Å². The molecule has 5 heteroatoms. The molecule has 0 radical (unpaired) electrons. The van der Waals surface area contributed by atoms with Crippen molar-refractivity contribution in [2.24, 2.45) is 0 Å². The van der Waals surface area contributed by atoms with Gasteiger partial charge in [0.1, 0.15) is 0 Å². The monoisotopic (exact) mass is 271 g/mol. The van der Waals surface area contributed by atoms with E-state index in [4.69, 9.17) is 5.26 Å². The first kappa shape index (κ1) is 13.2. The molecule has 0 fully saturated rings. The van der Waals surface area contributed by atoms with E-state index in [0.717, 1.165) is 16.3 Å². The molecule has 19 heavy (non-hydrogen) atoms. The van der Waals surface area contributed by atoms with E-state index in [1.54, 1.807) is 23.5 Å². The van der Waals surface area contributed by atoms with E-state index in [0.29, 0.717) is 18.5 Å². The summed E-state index contributed by atoms with van der Waals surface area (Å²) in [5.74, 6) is -0.0466. The molecule has 0 aliphatic rings. The standard InChI is InChI=1S/C14H13N3OS/c1-10-17-13(9-19-10)6-14(18)16-8-12-4-2-11(7-15)3-5-12/h2-5,9H,6,8H2,1H3,(H,16,18). The smallest absolute Gasteiger partial charge is 0.226 e. The largest absolute Gasteiger partial charge is 0.352 e. The molecule has 0 aliphatic heterocycles. The highest BCUT2D eigenvalue weighted by Crippen LogP contribution is 2.08. The molecule has 4 nitrogen and oxygen atoms in total. The number of nitriles is 1. The maximum absolute atomic E-state index is 11.7. The molecule has 2 aromatic rings. The number of amides is 1. The summed E-state index contributed by atoms with van der Waals surface area (Å²) in [6.07, 6.45) is 0.306. The van der Waals surface area contributed by atoms with E-state index in [1.165, 1.54) is 0 Å². The molecular formula is C14H13N3OS. The Kier molecular flexibility index (Phi) is 4.26. The Morgan fingerprint density at radius 2 is 2.16 bits per heavy atom. The second kappa shape index (κ2) is 6.12. The zero-order chi connectivity index (χ0) is 13.7. The number of nitrogens with zero attached hydrogens (tertiary/aromatic N) is 2. The summed E-state index contributed by atoms with van der Waals surface area (Å²) in [5, 5.41) is 14.4. The van der Waals surface area contributed by atoms with E-state index in [-0.39, 0.29) is 5.91 Å². The minimum atomic E-state index is -0.0466. The van der Waals surface area contributed by atoms with Crippen molar-refractivity contribution in [1.29, 1.82) is 5.26 Å². The lowest BCUT2D eigenvalue weighted by Gasteiger charge is -2.04. The quantitative estimate of drug-likeness (QED) is 0.927. The van der Waals surface area contributed by atoms with Crippen LogP contribution in [-0.4, -0.2) is 10.9 Å². The molecule has 0 bridgehead atoms. The Labute approximate surface area is 115 Å². The fraction of sp³-hybridized carbons (Fsp3) is 0.214. The lowest BCUT2D eigenvalue weighted by molar-refractivity contribution is -0.120. The third kappa shape index (κ3) is 3.90. The Hall–Kier alpha value is -2.19. The first-order valence-corrected chi connectivity index (χ1v) is 6.72. The third-order valence-corrected chi connectivity index (χ3v) is 3.40. The second-order valence-corrected chi connectivity index (χ2v) is 5.18. The zero-order valence-corrected chi connectivity index (χ0v) is 11.3. The molecule has 1 aromatic heterocycles. The van der Waals surface area contributed by atoms with Gasteiger partial charge in [-0.3, -0.25) is 4.79 Å². The van der Waals surface area contributed by atoms with Crippen molar-refractivity contribution in [3.63, 3.8) is 0 Å². The summed E-state index contributed by atoms with van der Waals surface area (Å²) in [6.45, 7) is 2.39. The molecule has 0 spiro atoms. The van der Waals surface area contributed by atoms with Gasteiger partial charge in [0.15, 0.2) is 0 Å². The van der Waals surface area contributed by atoms with E-state index < -0.39 is 0 Å². The van der Waals surface area contributed by atoms with Crippen molar-refractivity contribution < 1.29 is 4.79 Å². The molecule has 0 saturated heterocycles. The molecule has 0 atom stereocenters. The predicted octanol–water partition coefficient (Wildman–Crippen LogP) is 2.18. The van der Waals surface area contributed by atoms with Crippen molar-refractivity contribution >= 4 is 17.2 Å². The van der Waals surface area contributed by atoms with Crippen molar-refractivity contribution in [1.82, 2.24) is 10.3 Å². The maximum Gasteiger partial charge on any atom is 0.226 e. The summed E-state index contributed by atoms with van der Waals surface area (Å²) in [5.41, 5.74) is 2.40. The normalized spacial score (nSPS) is 9.89. The van der Waals surface area contributed by atoms with Crippen LogP contribution in [0.4, 0.5) is 0 Å². The van der Waals surface area contributed by atoms with Crippen LogP contribution in [0.1, 0.15) is 21.8 Å². The molecule has 1 heterocycles. The van der Waals surface area contributed by atoms with E-state index in [1.807, 2.05) is 24.4 Å². The van der Waals surface area contributed by atoms with Crippen LogP contribution in [0, 0.1) is 18.3 Å². The van der Waals surface area contributed by atoms with Crippen molar-refractivity contribution in [3.05, 3.63) is 51.5 Å². The van der Waals surface area contributed by atoms with Crippen LogP contribution in [0.25, 0.3) is 0 Å². The van der Waals surface area contributed by atoms with E-state index in [9.17, 15) is 4.79 Å². The summed E-state index contributed by atoms with van der Waals surface area (Å²) < 4.78 is 0. The van der Waals surface area contributed by atoms with E-state index >= 15 is 0 Å². The minimum absolute atomic E-state index is 0.0466. The fourth-order valence-corrected chi connectivity index (χ4v) is 2.23. The number of carbonyl (C=O) groups is 1. The second-order valence-electron chi connectivity index (χ2n) is 4.12. The van der Waals surface area contributed by atoms with Crippen molar-refractivity contribution in [2.75, 3.05) is 0 Å². The van der Waals surface area contributed by atoms with Crippen LogP contribution in [-0.2, 0) is 17.8 Å². The van der Waals surface area contributed by atoms with Gasteiger partial charge in [0.2, 0.25) is 5.91 Å². The minimum Gasteiger partial charge on any atom is -0.352 e. The Morgan fingerprint density at radius 3 is 2.74 bits per heavy atom. The topological polar surface area (TPSA) is 65.8 Å². The summed E-state index contributed by atoms with van der Waals surface area (Å²) >= 11 is 1.54. The first-order valence-electron chi connectivity index (χ1n) is 5.84. The number of carbonyl (C=O) groups excluding carboxylic acids is 1. The zero-order valence-electron chi connectivity index (χ0n) is 10.5. The highest BCUT2D eigenvalue weighted by Gasteiger charge is 2.06. The summed E-state index contributed by atoms with van der Waals surface area (Å²) in [7, 11) is 0. The third-order valence-electron chi connectivity index (χ3n) is 2.58. The Morgan fingerprint density at radius 1 is 1.42 bits per heavy atom. The highest BCUT2D eigenvalue weighted by atomic mass is 32.1. The number of thiazole rings is 1. The fourth-order valence-electron chi connectivity index (χ4n) is 1.61.